The Bertz CT molecular complexity index is 75.7. The van der Waals surface area contributed by atoms with Crippen molar-refractivity contribution in [3.8, 4) is 0 Å². The van der Waals surface area contributed by atoms with Crippen molar-refractivity contribution in [3.63, 3.8) is 0 Å². The minimum Gasteiger partial charge on any atom is -0.478 e. The largest absolute Gasteiger partial charge is 0.478 e. The third-order valence-corrected chi connectivity index (χ3v) is 0.365. The molecule has 0 atom stereocenters. The molecule has 0 heterocycles. The van der Waals surface area contributed by atoms with Crippen LogP contribution in [-0.4, -0.2) is 11.1 Å². The van der Waals surface area contributed by atoms with Gasteiger partial charge in [-0.3, -0.25) is 0 Å². The Balaban J connectivity index is 0. The molecule has 0 aromatic rings. The first-order chi connectivity index (χ1) is 2.64. The second-order valence-corrected chi connectivity index (χ2v) is 1.09. The minimum absolute atomic E-state index is 0. The summed E-state index contributed by atoms with van der Waals surface area (Å²) in [6, 6.07) is 0. The van der Waals surface area contributed by atoms with Crippen LogP contribution in [0.3, 0.4) is 0 Å². The summed E-state index contributed by atoms with van der Waals surface area (Å²) >= 11 is 0. The van der Waals surface area contributed by atoms with E-state index in [4.69, 9.17) is 5.11 Å². The van der Waals surface area contributed by atoms with Crippen LogP contribution >= 0.6 is 0 Å². The number of hydrogen-bond donors (Lipinski definition) is 1. The van der Waals surface area contributed by atoms with E-state index in [0.717, 1.165) is 0 Å². The first kappa shape index (κ1) is 10.0. The van der Waals surface area contributed by atoms with E-state index < -0.39 is 5.97 Å². The molecule has 1 radical (unpaired) electrons. The van der Waals surface area contributed by atoms with Crippen LogP contribution < -0.4 is 0 Å². The molecule has 0 rings (SSSR count). The number of carboxylic acids is 1. The van der Waals surface area contributed by atoms with Gasteiger partial charge in [0.05, 0.1) is 0 Å². The van der Waals surface area contributed by atoms with Crippen LogP contribution in [0.5, 0.6) is 0 Å². The smallest absolute Gasteiger partial charge is 0.330 e. The third kappa shape index (κ3) is 5.95. The molecule has 0 spiro atoms. The van der Waals surface area contributed by atoms with Crippen molar-refractivity contribution in [2.75, 3.05) is 0 Å². The molecule has 0 bridgehead atoms. The molecule has 1 N–H and O–H groups in total. The second kappa shape index (κ2) is 4.12. The molecular formula is C4H6O2Ta. The van der Waals surface area contributed by atoms with Crippen LogP contribution in [0.25, 0.3) is 0 Å². The van der Waals surface area contributed by atoms with Gasteiger partial charge in [-0.1, -0.05) is 6.58 Å². The second-order valence-electron chi connectivity index (χ2n) is 1.09. The van der Waals surface area contributed by atoms with Crippen LogP contribution in [0.2, 0.25) is 0 Å². The van der Waals surface area contributed by atoms with E-state index in [9.17, 15) is 4.79 Å². The van der Waals surface area contributed by atoms with Crippen molar-refractivity contribution in [1.29, 1.82) is 0 Å². The Morgan fingerprint density at radius 3 is 1.86 bits per heavy atom. The van der Waals surface area contributed by atoms with Crippen molar-refractivity contribution >= 4 is 5.97 Å². The average molecular weight is 267 g/mol. The normalized spacial score (nSPS) is 6.43. The van der Waals surface area contributed by atoms with E-state index in [1.165, 1.54) is 6.92 Å². The molecular weight excluding hydrogens is 261 g/mol. The predicted molar refractivity (Wildman–Crippen MR) is 22.4 cm³/mol. The summed E-state index contributed by atoms with van der Waals surface area (Å²) in [5.41, 5.74) is 0.176. The zero-order valence-electron chi connectivity index (χ0n) is 4.01. The van der Waals surface area contributed by atoms with Crippen LogP contribution in [0.15, 0.2) is 12.2 Å². The van der Waals surface area contributed by atoms with Gasteiger partial charge < -0.3 is 5.11 Å². The number of rotatable bonds is 1. The maximum atomic E-state index is 9.60. The van der Waals surface area contributed by atoms with E-state index in [-0.39, 0.29) is 28.0 Å². The molecule has 0 fully saturated rings. The summed E-state index contributed by atoms with van der Waals surface area (Å²) in [5, 5.41) is 7.89. The number of hydrogen-bond acceptors (Lipinski definition) is 1. The summed E-state index contributed by atoms with van der Waals surface area (Å²) in [6.45, 7) is 4.60. The molecule has 0 aliphatic carbocycles. The third-order valence-electron chi connectivity index (χ3n) is 0.365. The Hall–Kier alpha value is -0.0497. The quantitative estimate of drug-likeness (QED) is 0.708. The Kier molecular flexibility index (Phi) is 5.91. The van der Waals surface area contributed by atoms with Gasteiger partial charge >= 0.3 is 5.97 Å². The fraction of sp³-hybridized carbons (Fsp3) is 0.250. The monoisotopic (exact) mass is 267 g/mol. The molecule has 3 heteroatoms. The van der Waals surface area contributed by atoms with Gasteiger partial charge in [0.1, 0.15) is 0 Å². The standard InChI is InChI=1S/C4H6O2.Ta/c1-3(2)4(5)6;/h1H2,2H3,(H,5,6);. The summed E-state index contributed by atoms with van der Waals surface area (Å²) in [5.74, 6) is -0.935. The molecule has 0 saturated heterocycles. The van der Waals surface area contributed by atoms with Crippen molar-refractivity contribution in [2.24, 2.45) is 0 Å². The molecule has 39 valence electrons. The van der Waals surface area contributed by atoms with Gasteiger partial charge in [-0.25, -0.2) is 4.79 Å². The summed E-state index contributed by atoms with van der Waals surface area (Å²) < 4.78 is 0. The van der Waals surface area contributed by atoms with Crippen LogP contribution in [0, 0.1) is 0 Å². The SMILES string of the molecule is C=C(C)C(=O)O.[Ta]. The topological polar surface area (TPSA) is 37.3 Å². The molecule has 0 saturated carbocycles. The zero-order valence-corrected chi connectivity index (χ0v) is 7.22. The molecule has 0 aliphatic heterocycles. The fourth-order valence-corrected chi connectivity index (χ4v) is 0. The van der Waals surface area contributed by atoms with Crippen LogP contribution in [-0.2, 0) is 27.2 Å². The summed E-state index contributed by atoms with van der Waals surface area (Å²) in [6.07, 6.45) is 0. The Labute approximate surface area is 57.7 Å². The van der Waals surface area contributed by atoms with Crippen LogP contribution in [0.4, 0.5) is 0 Å². The maximum absolute atomic E-state index is 9.60. The average Bonchev–Trinajstić information content (AvgIpc) is 1.36. The van der Waals surface area contributed by atoms with Crippen molar-refractivity contribution < 1.29 is 32.3 Å². The molecule has 7 heavy (non-hydrogen) atoms. The number of carbonyl (C=O) groups is 1. The van der Waals surface area contributed by atoms with E-state index in [1.807, 2.05) is 0 Å². The molecule has 0 aromatic carbocycles. The summed E-state index contributed by atoms with van der Waals surface area (Å²) in [4.78, 5) is 9.60. The molecule has 0 aromatic heterocycles. The predicted octanol–water partition coefficient (Wildman–Crippen LogP) is 0.645. The maximum Gasteiger partial charge on any atom is 0.330 e. The first-order valence-corrected chi connectivity index (χ1v) is 1.53. The van der Waals surface area contributed by atoms with Gasteiger partial charge in [0.15, 0.2) is 0 Å². The Morgan fingerprint density at radius 2 is 1.86 bits per heavy atom. The summed E-state index contributed by atoms with van der Waals surface area (Å²) in [7, 11) is 0. The number of aliphatic carboxylic acids is 1. The Morgan fingerprint density at radius 1 is 1.71 bits per heavy atom. The van der Waals surface area contributed by atoms with Gasteiger partial charge in [0.25, 0.3) is 0 Å². The molecule has 0 aliphatic rings. The molecule has 0 amide bonds. The molecule has 2 nitrogen and oxygen atoms in total. The van der Waals surface area contributed by atoms with Crippen molar-refractivity contribution in [2.45, 2.75) is 6.92 Å². The minimum atomic E-state index is -0.935. The number of carboxylic acid groups (broad SMARTS) is 1. The first-order valence-electron chi connectivity index (χ1n) is 1.53. The van der Waals surface area contributed by atoms with Crippen molar-refractivity contribution in [3.05, 3.63) is 12.2 Å². The molecule has 0 unspecified atom stereocenters. The van der Waals surface area contributed by atoms with Gasteiger partial charge in [-0.2, -0.15) is 0 Å². The van der Waals surface area contributed by atoms with Gasteiger partial charge in [0.2, 0.25) is 0 Å². The van der Waals surface area contributed by atoms with E-state index in [0.29, 0.717) is 0 Å². The van der Waals surface area contributed by atoms with E-state index >= 15 is 0 Å². The van der Waals surface area contributed by atoms with E-state index in [2.05, 4.69) is 6.58 Å². The van der Waals surface area contributed by atoms with Crippen molar-refractivity contribution in [1.82, 2.24) is 0 Å². The van der Waals surface area contributed by atoms with Gasteiger partial charge in [-0.05, 0) is 6.92 Å². The fourth-order valence-electron chi connectivity index (χ4n) is 0. The zero-order chi connectivity index (χ0) is 5.15. The van der Waals surface area contributed by atoms with Crippen LogP contribution in [0.1, 0.15) is 6.92 Å². The van der Waals surface area contributed by atoms with Gasteiger partial charge in [-0.15, -0.1) is 0 Å². The van der Waals surface area contributed by atoms with E-state index in [1.54, 1.807) is 0 Å². The van der Waals surface area contributed by atoms with Gasteiger partial charge in [0, 0.05) is 28.0 Å².